The topological polar surface area (TPSA) is 78.5 Å². The van der Waals surface area contributed by atoms with Crippen LogP contribution in [0.4, 0.5) is 5.69 Å². The fourth-order valence-electron chi connectivity index (χ4n) is 1.85. The molecule has 0 aliphatic carbocycles. The average Bonchev–Trinajstić information content (AvgIpc) is 2.76. The SMILES string of the molecule is O=C([O-])C1CCC(C(=O)Nc2cc(Cl)cc(Cl)c2)O1.[Na+]. The van der Waals surface area contributed by atoms with E-state index in [9.17, 15) is 14.7 Å². The van der Waals surface area contributed by atoms with Crippen molar-refractivity contribution in [3.63, 3.8) is 0 Å². The number of nitrogens with one attached hydrogen (secondary N) is 1. The predicted molar refractivity (Wildman–Crippen MR) is 68.0 cm³/mol. The van der Waals surface area contributed by atoms with Crippen molar-refractivity contribution >= 4 is 40.8 Å². The number of benzene rings is 1. The molecule has 2 unspecified atom stereocenters. The molecule has 8 heteroatoms. The number of rotatable bonds is 3. The van der Waals surface area contributed by atoms with E-state index in [0.29, 0.717) is 22.2 Å². The number of carbonyl (C=O) groups is 2. The Morgan fingerprint density at radius 2 is 1.70 bits per heavy atom. The number of carboxylic acid groups (broad SMARTS) is 1. The molecule has 0 bridgehead atoms. The van der Waals surface area contributed by atoms with Gasteiger partial charge in [0.05, 0.1) is 12.1 Å². The first-order valence-corrected chi connectivity index (χ1v) is 6.34. The summed E-state index contributed by atoms with van der Waals surface area (Å²) in [5.41, 5.74) is 0.433. The number of amides is 1. The first-order chi connectivity index (χ1) is 8.95. The normalized spacial score (nSPS) is 21.1. The molecule has 1 aromatic rings. The molecular formula is C12H10Cl2NNaO4. The summed E-state index contributed by atoms with van der Waals surface area (Å²) in [6, 6.07) is 4.62. The molecule has 1 fully saturated rings. The van der Waals surface area contributed by atoms with E-state index in [1.54, 1.807) is 0 Å². The molecule has 2 atom stereocenters. The Bertz CT molecular complexity index is 506. The quantitative estimate of drug-likeness (QED) is 0.667. The second kappa shape index (κ2) is 7.64. The maximum atomic E-state index is 11.9. The molecule has 1 heterocycles. The summed E-state index contributed by atoms with van der Waals surface area (Å²) >= 11 is 11.6. The molecule has 5 nitrogen and oxygen atoms in total. The predicted octanol–water partition coefficient (Wildman–Crippen LogP) is -1.77. The summed E-state index contributed by atoms with van der Waals surface area (Å²) in [5.74, 6) is -1.73. The van der Waals surface area contributed by atoms with E-state index in [4.69, 9.17) is 27.9 Å². The summed E-state index contributed by atoms with van der Waals surface area (Å²) < 4.78 is 5.08. The maximum absolute atomic E-state index is 11.9. The van der Waals surface area contributed by atoms with Gasteiger partial charge in [-0.2, -0.15) is 0 Å². The van der Waals surface area contributed by atoms with Crippen molar-refractivity contribution in [1.82, 2.24) is 0 Å². The van der Waals surface area contributed by atoms with Gasteiger partial charge in [0.1, 0.15) is 6.10 Å². The number of hydrogen-bond donors (Lipinski definition) is 1. The van der Waals surface area contributed by atoms with Crippen LogP contribution in [0.1, 0.15) is 12.8 Å². The Kier molecular flexibility index (Phi) is 6.78. The van der Waals surface area contributed by atoms with Gasteiger partial charge in [0, 0.05) is 15.7 Å². The van der Waals surface area contributed by atoms with Crippen LogP contribution in [-0.2, 0) is 14.3 Å². The van der Waals surface area contributed by atoms with E-state index in [2.05, 4.69) is 5.32 Å². The monoisotopic (exact) mass is 325 g/mol. The largest absolute Gasteiger partial charge is 1.00 e. The molecule has 0 spiro atoms. The van der Waals surface area contributed by atoms with E-state index in [-0.39, 0.29) is 36.0 Å². The molecule has 1 saturated heterocycles. The van der Waals surface area contributed by atoms with Crippen LogP contribution in [0, 0.1) is 0 Å². The maximum Gasteiger partial charge on any atom is 1.00 e. The van der Waals surface area contributed by atoms with Crippen molar-refractivity contribution in [1.29, 1.82) is 0 Å². The summed E-state index contributed by atoms with van der Waals surface area (Å²) in [4.78, 5) is 22.5. The summed E-state index contributed by atoms with van der Waals surface area (Å²) in [7, 11) is 0. The minimum Gasteiger partial charge on any atom is -0.547 e. The fraction of sp³-hybridized carbons (Fsp3) is 0.333. The molecule has 1 N–H and O–H groups in total. The Morgan fingerprint density at radius 1 is 1.15 bits per heavy atom. The third-order valence-electron chi connectivity index (χ3n) is 2.70. The van der Waals surface area contributed by atoms with E-state index in [0.717, 1.165) is 0 Å². The van der Waals surface area contributed by atoms with E-state index in [1.165, 1.54) is 18.2 Å². The molecule has 0 aromatic heterocycles. The molecular weight excluding hydrogens is 316 g/mol. The van der Waals surface area contributed by atoms with Crippen LogP contribution in [-0.4, -0.2) is 24.1 Å². The second-order valence-electron chi connectivity index (χ2n) is 4.16. The Balaban J connectivity index is 0.00000200. The third kappa shape index (κ3) is 4.62. The van der Waals surface area contributed by atoms with Crippen molar-refractivity contribution in [2.75, 3.05) is 5.32 Å². The van der Waals surface area contributed by atoms with Gasteiger partial charge in [-0.1, -0.05) is 23.2 Å². The zero-order valence-corrected chi connectivity index (χ0v) is 14.2. The van der Waals surface area contributed by atoms with Gasteiger partial charge in [-0.25, -0.2) is 0 Å². The molecule has 1 aliphatic rings. The van der Waals surface area contributed by atoms with Gasteiger partial charge in [0.2, 0.25) is 0 Å². The van der Waals surface area contributed by atoms with Crippen molar-refractivity contribution in [2.45, 2.75) is 25.0 Å². The molecule has 102 valence electrons. The van der Waals surface area contributed by atoms with E-state index >= 15 is 0 Å². The van der Waals surface area contributed by atoms with Crippen LogP contribution in [0.5, 0.6) is 0 Å². The number of hydrogen-bond acceptors (Lipinski definition) is 4. The molecule has 0 radical (unpaired) electrons. The van der Waals surface area contributed by atoms with Gasteiger partial charge < -0.3 is 20.0 Å². The fourth-order valence-corrected chi connectivity index (χ4v) is 2.38. The van der Waals surface area contributed by atoms with E-state index in [1.807, 2.05) is 0 Å². The van der Waals surface area contributed by atoms with Crippen LogP contribution < -0.4 is 40.0 Å². The average molecular weight is 326 g/mol. The van der Waals surface area contributed by atoms with Crippen molar-refractivity contribution in [3.05, 3.63) is 28.2 Å². The van der Waals surface area contributed by atoms with Crippen molar-refractivity contribution < 1.29 is 49.0 Å². The smallest absolute Gasteiger partial charge is 0.547 e. The van der Waals surface area contributed by atoms with Crippen LogP contribution in [0.2, 0.25) is 10.0 Å². The third-order valence-corrected chi connectivity index (χ3v) is 3.14. The second-order valence-corrected chi connectivity index (χ2v) is 5.03. The Hall–Kier alpha value is -0.300. The van der Waals surface area contributed by atoms with Crippen LogP contribution in [0.15, 0.2) is 18.2 Å². The van der Waals surface area contributed by atoms with Crippen molar-refractivity contribution in [3.8, 4) is 0 Å². The van der Waals surface area contributed by atoms with Gasteiger partial charge >= 0.3 is 29.6 Å². The number of carboxylic acids is 1. The molecule has 1 aliphatic heterocycles. The summed E-state index contributed by atoms with van der Waals surface area (Å²) in [5, 5.41) is 14.0. The standard InChI is InChI=1S/C12H11Cl2NO4.Na/c13-6-3-7(14)5-8(4-6)15-11(16)9-1-2-10(19-9)12(17)18;/h3-5,9-10H,1-2H2,(H,15,16)(H,17,18);/q;+1/p-1. The molecule has 2 rings (SSSR count). The molecule has 0 saturated carbocycles. The van der Waals surface area contributed by atoms with Crippen LogP contribution in [0.25, 0.3) is 0 Å². The van der Waals surface area contributed by atoms with Crippen molar-refractivity contribution in [2.24, 2.45) is 0 Å². The van der Waals surface area contributed by atoms with Crippen LogP contribution >= 0.6 is 23.2 Å². The number of aliphatic carboxylic acids is 1. The zero-order valence-electron chi connectivity index (χ0n) is 10.7. The first kappa shape index (κ1) is 17.8. The Morgan fingerprint density at radius 3 is 2.20 bits per heavy atom. The van der Waals surface area contributed by atoms with Gasteiger partial charge in [-0.3, -0.25) is 4.79 Å². The molecule has 20 heavy (non-hydrogen) atoms. The minimum atomic E-state index is -1.30. The van der Waals surface area contributed by atoms with E-state index < -0.39 is 24.1 Å². The van der Waals surface area contributed by atoms with Crippen LogP contribution in [0.3, 0.4) is 0 Å². The first-order valence-electron chi connectivity index (χ1n) is 5.59. The zero-order chi connectivity index (χ0) is 14.0. The number of ether oxygens (including phenoxy) is 1. The number of carbonyl (C=O) groups excluding carboxylic acids is 2. The minimum absolute atomic E-state index is 0. The number of halogens is 2. The van der Waals surface area contributed by atoms with Gasteiger partial charge in [0.15, 0.2) is 0 Å². The van der Waals surface area contributed by atoms with Gasteiger partial charge in [-0.05, 0) is 31.0 Å². The van der Waals surface area contributed by atoms with Gasteiger partial charge in [-0.15, -0.1) is 0 Å². The Labute approximate surface area is 147 Å². The summed E-state index contributed by atoms with van der Waals surface area (Å²) in [6.45, 7) is 0. The number of anilines is 1. The molecule has 1 amide bonds. The van der Waals surface area contributed by atoms with Gasteiger partial charge in [0.25, 0.3) is 5.91 Å². The molecule has 1 aromatic carbocycles. The summed E-state index contributed by atoms with van der Waals surface area (Å²) in [6.07, 6.45) is -1.24.